The minimum absolute atomic E-state index is 0.0356. The molecule has 0 radical (unpaired) electrons. The maximum absolute atomic E-state index is 6.30. The molecule has 2 aliphatic heterocycles. The molecule has 2 N–H and O–H groups in total. The van der Waals surface area contributed by atoms with Crippen molar-refractivity contribution < 1.29 is 4.74 Å². The van der Waals surface area contributed by atoms with Crippen LogP contribution in [0.25, 0.3) is 0 Å². The number of nitrogens with zero attached hydrogens (tertiary/aromatic N) is 1. The second-order valence-corrected chi connectivity index (χ2v) is 8.06. The molecule has 0 amide bonds. The van der Waals surface area contributed by atoms with Crippen LogP contribution < -0.4 is 5.73 Å². The summed E-state index contributed by atoms with van der Waals surface area (Å²) in [6.45, 7) is 9.44. The highest BCUT2D eigenvalue weighted by atomic mass is 32.2. The summed E-state index contributed by atoms with van der Waals surface area (Å²) in [4.78, 5) is 2.53. The van der Waals surface area contributed by atoms with Crippen LogP contribution in [0.3, 0.4) is 0 Å². The molecule has 18 heavy (non-hydrogen) atoms. The molecule has 2 rings (SSSR count). The first-order valence-electron chi connectivity index (χ1n) is 6.95. The van der Waals surface area contributed by atoms with Crippen LogP contribution in [0.15, 0.2) is 0 Å². The molecule has 0 spiro atoms. The lowest BCUT2D eigenvalue weighted by molar-refractivity contribution is -0.105. The Hall–Kier alpha value is 0.230. The molecule has 2 fully saturated rings. The van der Waals surface area contributed by atoms with Crippen LogP contribution in [0.2, 0.25) is 0 Å². The van der Waals surface area contributed by atoms with Gasteiger partial charge in [-0.2, -0.15) is 11.8 Å². The van der Waals surface area contributed by atoms with Gasteiger partial charge in [-0.3, -0.25) is 4.90 Å². The fourth-order valence-corrected chi connectivity index (χ4v) is 5.20. The van der Waals surface area contributed by atoms with Crippen molar-refractivity contribution in [3.63, 3.8) is 0 Å². The first kappa shape index (κ1) is 14.6. The Balaban J connectivity index is 2.29. The zero-order valence-corrected chi connectivity index (χ0v) is 13.3. The predicted molar refractivity (Wildman–Crippen MR) is 79.1 cm³/mol. The summed E-state index contributed by atoms with van der Waals surface area (Å²) in [6, 6.07) is 0.648. The van der Waals surface area contributed by atoms with Gasteiger partial charge in [0, 0.05) is 18.3 Å². The summed E-state index contributed by atoms with van der Waals surface area (Å²) >= 11 is 2.06. The Labute approximate surface area is 116 Å². The quantitative estimate of drug-likeness (QED) is 0.854. The van der Waals surface area contributed by atoms with Gasteiger partial charge in [-0.15, -0.1) is 0 Å². The van der Waals surface area contributed by atoms with Crippen LogP contribution >= 0.6 is 11.8 Å². The van der Waals surface area contributed by atoms with Crippen molar-refractivity contribution >= 4 is 11.8 Å². The molecule has 2 heterocycles. The molecule has 0 saturated carbocycles. The molecular formula is C14H28N2OS. The van der Waals surface area contributed by atoms with Crippen molar-refractivity contribution in [2.24, 2.45) is 5.73 Å². The third-order valence-corrected chi connectivity index (χ3v) is 5.98. The Morgan fingerprint density at radius 2 is 2.00 bits per heavy atom. The van der Waals surface area contributed by atoms with E-state index < -0.39 is 0 Å². The molecule has 3 nitrogen and oxygen atoms in total. The maximum Gasteiger partial charge on any atom is 0.0830 e. The molecule has 0 aromatic carbocycles. The monoisotopic (exact) mass is 272 g/mol. The smallest absolute Gasteiger partial charge is 0.0830 e. The third kappa shape index (κ3) is 2.21. The van der Waals surface area contributed by atoms with Crippen molar-refractivity contribution in [1.82, 2.24) is 4.90 Å². The predicted octanol–water partition coefficient (Wildman–Crippen LogP) is 2.10. The van der Waals surface area contributed by atoms with E-state index in [2.05, 4.69) is 51.4 Å². The van der Waals surface area contributed by atoms with E-state index in [1.54, 1.807) is 0 Å². The minimum Gasteiger partial charge on any atom is -0.368 e. The Morgan fingerprint density at radius 3 is 2.39 bits per heavy atom. The highest BCUT2D eigenvalue weighted by Crippen LogP contribution is 2.48. The highest BCUT2D eigenvalue weighted by molar-refractivity contribution is 7.99. The molecule has 2 aliphatic rings. The van der Waals surface area contributed by atoms with E-state index in [0.29, 0.717) is 12.6 Å². The van der Waals surface area contributed by atoms with Gasteiger partial charge in [0.2, 0.25) is 0 Å². The zero-order chi connectivity index (χ0) is 13.6. The van der Waals surface area contributed by atoms with Crippen LogP contribution in [-0.2, 0) is 4.74 Å². The van der Waals surface area contributed by atoms with Gasteiger partial charge in [0.15, 0.2) is 0 Å². The van der Waals surface area contributed by atoms with E-state index in [0.717, 1.165) is 6.42 Å². The number of rotatable bonds is 3. The van der Waals surface area contributed by atoms with Gasteiger partial charge in [-0.25, -0.2) is 0 Å². The number of thioether (sulfide) groups is 1. The van der Waals surface area contributed by atoms with Gasteiger partial charge in [0.25, 0.3) is 0 Å². The van der Waals surface area contributed by atoms with Gasteiger partial charge in [0.05, 0.1) is 16.7 Å². The van der Waals surface area contributed by atoms with Gasteiger partial charge < -0.3 is 10.5 Å². The third-order valence-electron chi connectivity index (χ3n) is 4.84. The van der Waals surface area contributed by atoms with Crippen LogP contribution in [0.4, 0.5) is 0 Å². The molecule has 2 atom stereocenters. The molecule has 4 heteroatoms. The molecule has 0 aromatic heterocycles. The lowest BCUT2D eigenvalue weighted by atomic mass is 9.77. The highest BCUT2D eigenvalue weighted by Gasteiger charge is 2.59. The van der Waals surface area contributed by atoms with Crippen LogP contribution in [0, 0.1) is 0 Å². The lowest BCUT2D eigenvalue weighted by Crippen LogP contribution is -2.64. The summed E-state index contributed by atoms with van der Waals surface area (Å²) in [6.07, 6.45) is 2.29. The average molecular weight is 272 g/mol. The lowest BCUT2D eigenvalue weighted by Gasteiger charge is -2.48. The second-order valence-electron chi connectivity index (χ2n) is 6.91. The Morgan fingerprint density at radius 1 is 1.33 bits per heavy atom. The van der Waals surface area contributed by atoms with Gasteiger partial charge in [0.1, 0.15) is 0 Å². The van der Waals surface area contributed by atoms with E-state index in [1.165, 1.54) is 17.9 Å². The van der Waals surface area contributed by atoms with E-state index in [9.17, 15) is 0 Å². The van der Waals surface area contributed by atoms with Gasteiger partial charge >= 0.3 is 0 Å². The number of hydrogen-bond donors (Lipinski definition) is 1. The number of ether oxygens (including phenoxy) is 1. The maximum atomic E-state index is 6.30. The van der Waals surface area contributed by atoms with E-state index in [1.807, 2.05) is 0 Å². The number of likely N-dealkylation sites (N-methyl/N-ethyl adjacent to an activating group) is 1. The summed E-state index contributed by atoms with van der Waals surface area (Å²) in [7, 11) is 2.25. The Kier molecular flexibility index (Phi) is 3.78. The van der Waals surface area contributed by atoms with Gasteiger partial charge in [-0.05, 0) is 53.3 Å². The van der Waals surface area contributed by atoms with Crippen LogP contribution in [-0.4, -0.2) is 52.8 Å². The first-order valence-corrected chi connectivity index (χ1v) is 8.10. The summed E-state index contributed by atoms with van der Waals surface area (Å²) in [5.41, 5.74) is 5.90. The van der Waals surface area contributed by atoms with Crippen molar-refractivity contribution in [1.29, 1.82) is 0 Å². The summed E-state index contributed by atoms with van der Waals surface area (Å²) in [5.74, 6) is 2.51. The summed E-state index contributed by atoms with van der Waals surface area (Å²) in [5, 5.41) is 0. The second kappa shape index (κ2) is 4.65. The molecule has 2 unspecified atom stereocenters. The Bertz CT molecular complexity index is 313. The summed E-state index contributed by atoms with van der Waals surface area (Å²) < 4.78 is 6.30. The van der Waals surface area contributed by atoms with E-state index in [-0.39, 0.29) is 16.7 Å². The van der Waals surface area contributed by atoms with Crippen molar-refractivity contribution in [2.45, 2.75) is 63.3 Å². The number of nitrogens with two attached hydrogens (primary N) is 1. The van der Waals surface area contributed by atoms with E-state index >= 15 is 0 Å². The topological polar surface area (TPSA) is 38.5 Å². The van der Waals surface area contributed by atoms with Crippen LogP contribution in [0.1, 0.15) is 40.5 Å². The van der Waals surface area contributed by atoms with Crippen molar-refractivity contribution in [3.05, 3.63) is 0 Å². The molecule has 106 valence electrons. The number of hydrogen-bond acceptors (Lipinski definition) is 4. The molecule has 0 aromatic rings. The molecule has 0 bridgehead atoms. The fraction of sp³-hybridized carbons (Fsp3) is 1.00. The molecular weight excluding hydrogens is 244 g/mol. The zero-order valence-electron chi connectivity index (χ0n) is 12.5. The van der Waals surface area contributed by atoms with Crippen molar-refractivity contribution in [3.8, 4) is 0 Å². The standard InChI is InChI=1S/C14H28N2OS/c1-12(2)9-14(10-15,13(3,4)17-12)16(5)11-6-7-18-8-11/h11H,6-10,15H2,1-5H3. The molecule has 0 aliphatic carbocycles. The normalized spacial score (nSPS) is 38.5. The minimum atomic E-state index is -0.187. The van der Waals surface area contributed by atoms with Crippen molar-refractivity contribution in [2.75, 3.05) is 25.1 Å². The average Bonchev–Trinajstić information content (AvgIpc) is 2.81. The van der Waals surface area contributed by atoms with Crippen LogP contribution in [0.5, 0.6) is 0 Å². The van der Waals surface area contributed by atoms with E-state index in [4.69, 9.17) is 10.5 Å². The molecule has 2 saturated heterocycles. The largest absolute Gasteiger partial charge is 0.368 e. The van der Waals surface area contributed by atoms with Gasteiger partial charge in [-0.1, -0.05) is 0 Å². The SMILES string of the molecule is CN(C1CCSC1)C1(CN)CC(C)(C)OC1(C)C. The first-order chi connectivity index (χ1) is 8.24. The fourth-order valence-electron chi connectivity index (χ4n) is 3.93.